The van der Waals surface area contributed by atoms with E-state index in [0.717, 1.165) is 25.1 Å². The molecule has 0 aliphatic heterocycles. The van der Waals surface area contributed by atoms with Crippen LogP contribution in [0.15, 0.2) is 0 Å². The maximum Gasteiger partial charge on any atom is 0.360 e. The predicted octanol–water partition coefficient (Wildman–Crippen LogP) is 2.21. The van der Waals surface area contributed by atoms with Crippen molar-refractivity contribution in [2.45, 2.75) is 52.5 Å². The molecule has 5 nitrogen and oxygen atoms in total. The summed E-state index contributed by atoms with van der Waals surface area (Å²) in [4.78, 5) is 11.8. The van der Waals surface area contributed by atoms with E-state index in [0.29, 0.717) is 18.2 Å². The van der Waals surface area contributed by atoms with E-state index in [1.165, 1.54) is 19.3 Å². The van der Waals surface area contributed by atoms with E-state index >= 15 is 0 Å². The van der Waals surface area contributed by atoms with Gasteiger partial charge in [-0.05, 0) is 32.1 Å². The van der Waals surface area contributed by atoms with Crippen LogP contribution in [0.1, 0.15) is 55.7 Å². The van der Waals surface area contributed by atoms with Crippen molar-refractivity contribution >= 4 is 5.97 Å². The molecule has 1 heterocycles. The highest BCUT2D eigenvalue weighted by Crippen LogP contribution is 2.28. The largest absolute Gasteiger partial charge is 0.461 e. The molecule has 0 spiro atoms. The van der Waals surface area contributed by atoms with Crippen molar-refractivity contribution in [2.75, 3.05) is 6.61 Å². The fourth-order valence-corrected chi connectivity index (χ4v) is 2.24. The van der Waals surface area contributed by atoms with Gasteiger partial charge in [0, 0.05) is 6.54 Å². The molecule has 1 aromatic heterocycles. The van der Waals surface area contributed by atoms with Gasteiger partial charge in [0.2, 0.25) is 0 Å². The van der Waals surface area contributed by atoms with Gasteiger partial charge >= 0.3 is 5.97 Å². The molecule has 2 rings (SSSR count). The number of aromatic nitrogens is 3. The Morgan fingerprint density at radius 3 is 2.78 bits per heavy atom. The fourth-order valence-electron chi connectivity index (χ4n) is 2.24. The summed E-state index contributed by atoms with van der Waals surface area (Å²) in [7, 11) is 0. The molecule has 0 amide bonds. The third-order valence-electron chi connectivity index (χ3n) is 3.45. The quantitative estimate of drug-likeness (QED) is 0.727. The molecule has 1 aromatic rings. The van der Waals surface area contributed by atoms with E-state index < -0.39 is 0 Å². The number of esters is 1. The molecular formula is C13H21N3O2. The fraction of sp³-hybridized carbons (Fsp3) is 0.769. The zero-order chi connectivity index (χ0) is 13.0. The van der Waals surface area contributed by atoms with Crippen LogP contribution in [-0.4, -0.2) is 27.6 Å². The summed E-state index contributed by atoms with van der Waals surface area (Å²) in [6, 6.07) is 0. The SMILES string of the molecule is CCCc1c(C(=O)OCC)nnn1CC1CCC1. The van der Waals surface area contributed by atoms with Crippen LogP contribution in [0.25, 0.3) is 0 Å². The molecule has 0 aromatic carbocycles. The minimum atomic E-state index is -0.346. The van der Waals surface area contributed by atoms with E-state index in [-0.39, 0.29) is 5.97 Å². The van der Waals surface area contributed by atoms with Crippen molar-refractivity contribution in [2.24, 2.45) is 5.92 Å². The molecule has 100 valence electrons. The Balaban J connectivity index is 2.15. The standard InChI is InChI=1S/C13H21N3O2/c1-3-6-11-12(13(17)18-4-2)14-15-16(11)9-10-7-5-8-10/h10H,3-9H2,1-2H3. The Labute approximate surface area is 108 Å². The number of carbonyl (C=O) groups excluding carboxylic acids is 1. The van der Waals surface area contributed by atoms with Crippen LogP contribution in [0.3, 0.4) is 0 Å². The Morgan fingerprint density at radius 1 is 1.44 bits per heavy atom. The van der Waals surface area contributed by atoms with Crippen molar-refractivity contribution in [1.82, 2.24) is 15.0 Å². The van der Waals surface area contributed by atoms with Crippen LogP contribution < -0.4 is 0 Å². The first-order chi connectivity index (χ1) is 8.76. The van der Waals surface area contributed by atoms with Crippen LogP contribution in [0.4, 0.5) is 0 Å². The summed E-state index contributed by atoms with van der Waals surface area (Å²) >= 11 is 0. The Bertz CT molecular complexity index is 410. The molecule has 1 aliphatic rings. The van der Waals surface area contributed by atoms with Crippen LogP contribution >= 0.6 is 0 Å². The lowest BCUT2D eigenvalue weighted by atomic mass is 9.85. The molecule has 1 fully saturated rings. The first kappa shape index (κ1) is 13.1. The summed E-state index contributed by atoms with van der Waals surface area (Å²) in [6.45, 7) is 5.16. The molecule has 1 saturated carbocycles. The number of rotatable bonds is 6. The van der Waals surface area contributed by atoms with Gasteiger partial charge in [-0.25, -0.2) is 9.48 Å². The normalized spacial score (nSPS) is 15.4. The van der Waals surface area contributed by atoms with Gasteiger partial charge in [0.15, 0.2) is 5.69 Å². The number of ether oxygens (including phenoxy) is 1. The first-order valence-electron chi connectivity index (χ1n) is 6.85. The van der Waals surface area contributed by atoms with Gasteiger partial charge < -0.3 is 4.74 Å². The summed E-state index contributed by atoms with van der Waals surface area (Å²) in [6.07, 6.45) is 5.64. The molecule has 0 saturated heterocycles. The minimum absolute atomic E-state index is 0.346. The second-order valence-corrected chi connectivity index (χ2v) is 4.83. The topological polar surface area (TPSA) is 57.0 Å². The van der Waals surface area contributed by atoms with Crippen molar-refractivity contribution in [1.29, 1.82) is 0 Å². The molecular weight excluding hydrogens is 230 g/mol. The molecule has 5 heteroatoms. The minimum Gasteiger partial charge on any atom is -0.461 e. The van der Waals surface area contributed by atoms with E-state index in [9.17, 15) is 4.79 Å². The van der Waals surface area contributed by atoms with Crippen molar-refractivity contribution in [3.63, 3.8) is 0 Å². The monoisotopic (exact) mass is 251 g/mol. The highest BCUT2D eigenvalue weighted by Gasteiger charge is 2.24. The van der Waals surface area contributed by atoms with Gasteiger partial charge in [0.1, 0.15) is 0 Å². The van der Waals surface area contributed by atoms with E-state index in [2.05, 4.69) is 17.2 Å². The van der Waals surface area contributed by atoms with E-state index in [1.54, 1.807) is 6.92 Å². The number of hydrogen-bond acceptors (Lipinski definition) is 4. The highest BCUT2D eigenvalue weighted by molar-refractivity contribution is 5.88. The van der Waals surface area contributed by atoms with Gasteiger partial charge in [0.05, 0.1) is 12.3 Å². The smallest absolute Gasteiger partial charge is 0.360 e. The lowest BCUT2D eigenvalue weighted by Gasteiger charge is -2.25. The molecule has 0 N–H and O–H groups in total. The molecule has 18 heavy (non-hydrogen) atoms. The van der Waals surface area contributed by atoms with Gasteiger partial charge in [0.25, 0.3) is 0 Å². The highest BCUT2D eigenvalue weighted by atomic mass is 16.5. The van der Waals surface area contributed by atoms with E-state index in [1.807, 2.05) is 4.68 Å². The third-order valence-corrected chi connectivity index (χ3v) is 3.45. The molecule has 0 unspecified atom stereocenters. The van der Waals surface area contributed by atoms with Gasteiger partial charge in [-0.1, -0.05) is 25.0 Å². The van der Waals surface area contributed by atoms with E-state index in [4.69, 9.17) is 4.74 Å². The summed E-state index contributed by atoms with van der Waals surface area (Å²) in [5.41, 5.74) is 1.33. The maximum atomic E-state index is 11.8. The molecule has 0 atom stereocenters. The van der Waals surface area contributed by atoms with Gasteiger partial charge in [-0.2, -0.15) is 0 Å². The average molecular weight is 251 g/mol. The summed E-state index contributed by atoms with van der Waals surface area (Å²) in [5, 5.41) is 8.13. The lowest BCUT2D eigenvalue weighted by Crippen LogP contribution is -2.20. The van der Waals surface area contributed by atoms with Crippen LogP contribution in [-0.2, 0) is 17.7 Å². The number of nitrogens with zero attached hydrogens (tertiary/aromatic N) is 3. The van der Waals surface area contributed by atoms with Gasteiger partial charge in [-0.15, -0.1) is 5.10 Å². The molecule has 1 aliphatic carbocycles. The van der Waals surface area contributed by atoms with Gasteiger partial charge in [-0.3, -0.25) is 0 Å². The Hall–Kier alpha value is -1.39. The zero-order valence-electron chi connectivity index (χ0n) is 11.2. The first-order valence-corrected chi connectivity index (χ1v) is 6.85. The van der Waals surface area contributed by atoms with Crippen molar-refractivity contribution in [3.8, 4) is 0 Å². The maximum absolute atomic E-state index is 11.8. The van der Waals surface area contributed by atoms with Crippen molar-refractivity contribution < 1.29 is 9.53 Å². The lowest BCUT2D eigenvalue weighted by molar-refractivity contribution is 0.0518. The predicted molar refractivity (Wildman–Crippen MR) is 67.3 cm³/mol. The average Bonchev–Trinajstić information content (AvgIpc) is 2.68. The van der Waals surface area contributed by atoms with Crippen LogP contribution in [0, 0.1) is 5.92 Å². The number of carbonyl (C=O) groups is 1. The summed E-state index contributed by atoms with van der Waals surface area (Å²) in [5.74, 6) is 0.359. The Morgan fingerprint density at radius 2 is 2.22 bits per heavy atom. The van der Waals surface area contributed by atoms with Crippen LogP contribution in [0.2, 0.25) is 0 Å². The second kappa shape index (κ2) is 5.98. The molecule has 0 radical (unpaired) electrons. The third kappa shape index (κ3) is 2.71. The zero-order valence-corrected chi connectivity index (χ0v) is 11.2. The van der Waals surface area contributed by atoms with Crippen LogP contribution in [0.5, 0.6) is 0 Å². The summed E-state index contributed by atoms with van der Waals surface area (Å²) < 4.78 is 6.92. The molecule has 0 bridgehead atoms. The Kier molecular flexibility index (Phi) is 4.33. The van der Waals surface area contributed by atoms with Crippen molar-refractivity contribution in [3.05, 3.63) is 11.4 Å². The number of hydrogen-bond donors (Lipinski definition) is 0. The second-order valence-electron chi connectivity index (χ2n) is 4.83.